The number of amides is 2. The van der Waals surface area contributed by atoms with Crippen molar-refractivity contribution in [2.45, 2.75) is 33.6 Å². The van der Waals surface area contributed by atoms with Gasteiger partial charge in [0, 0.05) is 11.4 Å². The van der Waals surface area contributed by atoms with E-state index in [0.29, 0.717) is 0 Å². The zero-order valence-corrected chi connectivity index (χ0v) is 12.9. The summed E-state index contributed by atoms with van der Waals surface area (Å²) in [6, 6.07) is 13.6. The molecular formula is C18H22N2O. The minimum absolute atomic E-state index is 0.221. The van der Waals surface area contributed by atoms with E-state index in [1.165, 1.54) is 11.1 Å². The van der Waals surface area contributed by atoms with Crippen LogP contribution in [0.3, 0.4) is 0 Å². The van der Waals surface area contributed by atoms with Crippen LogP contribution in [0.5, 0.6) is 0 Å². The van der Waals surface area contributed by atoms with Crippen LogP contribution < -0.4 is 10.6 Å². The Bertz CT molecular complexity index is 618. The van der Waals surface area contributed by atoms with Crippen molar-refractivity contribution in [3.8, 4) is 0 Å². The summed E-state index contributed by atoms with van der Waals surface area (Å²) >= 11 is 0. The van der Waals surface area contributed by atoms with Gasteiger partial charge in [-0.05, 0) is 61.2 Å². The lowest BCUT2D eigenvalue weighted by Crippen LogP contribution is -2.19. The van der Waals surface area contributed by atoms with Crippen molar-refractivity contribution in [3.05, 3.63) is 59.2 Å². The molecule has 0 fully saturated rings. The lowest BCUT2D eigenvalue weighted by Gasteiger charge is -2.09. The third kappa shape index (κ3) is 4.35. The smallest absolute Gasteiger partial charge is 0.308 e. The van der Waals surface area contributed by atoms with Gasteiger partial charge in [0.05, 0.1) is 0 Å². The zero-order valence-electron chi connectivity index (χ0n) is 12.9. The number of urea groups is 1. The van der Waals surface area contributed by atoms with Crippen LogP contribution in [0.15, 0.2) is 42.5 Å². The number of aryl methyl sites for hydroxylation is 3. The molecule has 0 bridgehead atoms. The van der Waals surface area contributed by atoms with Crippen LogP contribution in [0, 0.1) is 13.8 Å². The lowest BCUT2D eigenvalue weighted by molar-refractivity contribution is 0.262. The summed E-state index contributed by atoms with van der Waals surface area (Å²) in [5, 5.41) is 5.69. The predicted octanol–water partition coefficient (Wildman–Crippen LogP) is 4.90. The first-order valence-corrected chi connectivity index (χ1v) is 7.32. The Labute approximate surface area is 126 Å². The SMILES string of the molecule is CCCc1ccc(NC(=O)Nc2ccc(C)c(C)c2)cc1. The van der Waals surface area contributed by atoms with E-state index in [0.717, 1.165) is 29.8 Å². The topological polar surface area (TPSA) is 41.1 Å². The molecular weight excluding hydrogens is 260 g/mol. The van der Waals surface area contributed by atoms with Crippen LogP contribution in [0.25, 0.3) is 0 Å². The van der Waals surface area contributed by atoms with Gasteiger partial charge in [-0.3, -0.25) is 0 Å². The molecule has 0 saturated carbocycles. The van der Waals surface area contributed by atoms with Gasteiger partial charge in [-0.15, -0.1) is 0 Å². The molecule has 2 rings (SSSR count). The highest BCUT2D eigenvalue weighted by Gasteiger charge is 2.03. The summed E-state index contributed by atoms with van der Waals surface area (Å²) in [6.07, 6.45) is 2.19. The van der Waals surface area contributed by atoms with E-state index < -0.39 is 0 Å². The van der Waals surface area contributed by atoms with Crippen LogP contribution in [0.2, 0.25) is 0 Å². The van der Waals surface area contributed by atoms with Crippen LogP contribution >= 0.6 is 0 Å². The molecule has 0 aliphatic carbocycles. The molecule has 0 heterocycles. The Hall–Kier alpha value is -2.29. The lowest BCUT2D eigenvalue weighted by atomic mass is 10.1. The van der Waals surface area contributed by atoms with Crippen molar-refractivity contribution in [2.75, 3.05) is 10.6 Å². The third-order valence-electron chi connectivity index (χ3n) is 3.52. The first-order valence-electron chi connectivity index (χ1n) is 7.32. The molecule has 0 spiro atoms. The van der Waals surface area contributed by atoms with Gasteiger partial charge in [-0.1, -0.05) is 31.5 Å². The number of anilines is 2. The van der Waals surface area contributed by atoms with E-state index in [4.69, 9.17) is 0 Å². The van der Waals surface area contributed by atoms with E-state index in [1.807, 2.05) is 37.3 Å². The average Bonchev–Trinajstić information content (AvgIpc) is 2.45. The largest absolute Gasteiger partial charge is 0.323 e. The highest BCUT2D eigenvalue weighted by atomic mass is 16.2. The Kier molecular flexibility index (Phi) is 4.99. The number of hydrogen-bond donors (Lipinski definition) is 2. The molecule has 0 radical (unpaired) electrons. The Balaban J connectivity index is 1.96. The maximum absolute atomic E-state index is 12.0. The van der Waals surface area contributed by atoms with E-state index in [2.05, 4.69) is 36.6 Å². The Morgan fingerprint density at radius 1 is 0.905 bits per heavy atom. The van der Waals surface area contributed by atoms with Crippen molar-refractivity contribution in [1.82, 2.24) is 0 Å². The molecule has 0 atom stereocenters. The highest BCUT2D eigenvalue weighted by molar-refractivity contribution is 5.99. The molecule has 2 aromatic rings. The molecule has 0 aromatic heterocycles. The first kappa shape index (κ1) is 15.1. The normalized spacial score (nSPS) is 10.2. The number of carbonyl (C=O) groups is 1. The van der Waals surface area contributed by atoms with Crippen molar-refractivity contribution in [3.63, 3.8) is 0 Å². The maximum Gasteiger partial charge on any atom is 0.323 e. The minimum Gasteiger partial charge on any atom is -0.308 e. The molecule has 110 valence electrons. The maximum atomic E-state index is 12.0. The van der Waals surface area contributed by atoms with Gasteiger partial charge < -0.3 is 10.6 Å². The molecule has 3 heteroatoms. The summed E-state index contributed by atoms with van der Waals surface area (Å²) in [6.45, 7) is 6.24. The standard InChI is InChI=1S/C18H22N2O/c1-4-5-15-7-10-16(11-8-15)19-18(21)20-17-9-6-13(2)14(3)12-17/h6-12H,4-5H2,1-3H3,(H2,19,20,21). The van der Waals surface area contributed by atoms with E-state index in [9.17, 15) is 4.79 Å². The van der Waals surface area contributed by atoms with Gasteiger partial charge >= 0.3 is 6.03 Å². The van der Waals surface area contributed by atoms with Crippen molar-refractivity contribution in [2.24, 2.45) is 0 Å². The fourth-order valence-electron chi connectivity index (χ4n) is 2.16. The second-order valence-electron chi connectivity index (χ2n) is 5.33. The van der Waals surface area contributed by atoms with Crippen LogP contribution in [0.4, 0.5) is 16.2 Å². The summed E-state index contributed by atoms with van der Waals surface area (Å²) in [5.41, 5.74) is 5.27. The fourth-order valence-corrected chi connectivity index (χ4v) is 2.16. The molecule has 2 N–H and O–H groups in total. The quantitative estimate of drug-likeness (QED) is 0.822. The number of carbonyl (C=O) groups excluding carboxylic acids is 1. The second kappa shape index (κ2) is 6.93. The zero-order chi connectivity index (χ0) is 15.2. The molecule has 0 unspecified atom stereocenters. The van der Waals surface area contributed by atoms with Crippen LogP contribution in [-0.4, -0.2) is 6.03 Å². The van der Waals surface area contributed by atoms with Gasteiger partial charge in [0.25, 0.3) is 0 Å². The van der Waals surface area contributed by atoms with Gasteiger partial charge in [0.2, 0.25) is 0 Å². The molecule has 3 nitrogen and oxygen atoms in total. The molecule has 2 aromatic carbocycles. The van der Waals surface area contributed by atoms with Gasteiger partial charge in [-0.2, -0.15) is 0 Å². The number of benzene rings is 2. The van der Waals surface area contributed by atoms with Gasteiger partial charge in [0.1, 0.15) is 0 Å². The Morgan fingerprint density at radius 3 is 2.14 bits per heavy atom. The van der Waals surface area contributed by atoms with Crippen molar-refractivity contribution >= 4 is 17.4 Å². The van der Waals surface area contributed by atoms with Gasteiger partial charge in [0.15, 0.2) is 0 Å². The summed E-state index contributed by atoms with van der Waals surface area (Å²) < 4.78 is 0. The summed E-state index contributed by atoms with van der Waals surface area (Å²) in [4.78, 5) is 12.0. The van der Waals surface area contributed by atoms with Crippen LogP contribution in [0.1, 0.15) is 30.0 Å². The second-order valence-corrected chi connectivity index (χ2v) is 5.33. The van der Waals surface area contributed by atoms with Gasteiger partial charge in [-0.25, -0.2) is 4.79 Å². The monoisotopic (exact) mass is 282 g/mol. The number of nitrogens with one attached hydrogen (secondary N) is 2. The van der Waals surface area contributed by atoms with E-state index in [1.54, 1.807) is 0 Å². The van der Waals surface area contributed by atoms with E-state index in [-0.39, 0.29) is 6.03 Å². The van der Waals surface area contributed by atoms with Crippen molar-refractivity contribution < 1.29 is 4.79 Å². The number of rotatable bonds is 4. The predicted molar refractivity (Wildman–Crippen MR) is 89.0 cm³/mol. The molecule has 0 aliphatic heterocycles. The first-order chi connectivity index (χ1) is 10.1. The van der Waals surface area contributed by atoms with Crippen LogP contribution in [-0.2, 0) is 6.42 Å². The third-order valence-corrected chi connectivity index (χ3v) is 3.52. The molecule has 2 amide bonds. The molecule has 0 saturated heterocycles. The summed E-state index contributed by atoms with van der Waals surface area (Å²) in [5.74, 6) is 0. The number of hydrogen-bond acceptors (Lipinski definition) is 1. The van der Waals surface area contributed by atoms with Crippen molar-refractivity contribution in [1.29, 1.82) is 0 Å². The summed E-state index contributed by atoms with van der Waals surface area (Å²) in [7, 11) is 0. The average molecular weight is 282 g/mol. The minimum atomic E-state index is -0.221. The molecule has 21 heavy (non-hydrogen) atoms. The Morgan fingerprint density at radius 2 is 1.52 bits per heavy atom. The molecule has 0 aliphatic rings. The fraction of sp³-hybridized carbons (Fsp3) is 0.278. The van der Waals surface area contributed by atoms with E-state index >= 15 is 0 Å². The highest BCUT2D eigenvalue weighted by Crippen LogP contribution is 2.15.